The standard InChI is InChI=1S/C15H16N2O2/c1-11-4-3-9-16-14(11)10-17-15(18)8-7-13-6-5-12(2)19-13/h3-9H,10H2,1-2H3,(H,17,18)/b8-7-. The van der Waals surface area contributed by atoms with Crippen LogP contribution in [0.15, 0.2) is 41.0 Å². The highest BCUT2D eigenvalue weighted by Gasteiger charge is 2.01. The fourth-order valence-corrected chi connectivity index (χ4v) is 1.63. The van der Waals surface area contributed by atoms with Crippen molar-refractivity contribution in [2.24, 2.45) is 0 Å². The Kier molecular flexibility index (Phi) is 4.13. The van der Waals surface area contributed by atoms with Crippen molar-refractivity contribution in [3.05, 3.63) is 59.3 Å². The molecule has 0 aliphatic rings. The predicted molar refractivity (Wildman–Crippen MR) is 73.3 cm³/mol. The van der Waals surface area contributed by atoms with E-state index >= 15 is 0 Å². The van der Waals surface area contributed by atoms with Crippen LogP contribution < -0.4 is 5.32 Å². The Morgan fingerprint density at radius 3 is 2.89 bits per heavy atom. The van der Waals surface area contributed by atoms with Gasteiger partial charge in [0.2, 0.25) is 5.91 Å². The van der Waals surface area contributed by atoms with Gasteiger partial charge in [0, 0.05) is 12.3 Å². The van der Waals surface area contributed by atoms with Gasteiger partial charge in [-0.2, -0.15) is 0 Å². The van der Waals surface area contributed by atoms with Gasteiger partial charge >= 0.3 is 0 Å². The number of furan rings is 1. The molecule has 1 amide bonds. The van der Waals surface area contributed by atoms with Crippen LogP contribution in [0.3, 0.4) is 0 Å². The first kappa shape index (κ1) is 13.1. The average Bonchev–Trinajstić information content (AvgIpc) is 2.81. The zero-order chi connectivity index (χ0) is 13.7. The Morgan fingerprint density at radius 1 is 1.37 bits per heavy atom. The van der Waals surface area contributed by atoms with E-state index in [-0.39, 0.29) is 5.91 Å². The van der Waals surface area contributed by atoms with Crippen LogP contribution in [0.4, 0.5) is 0 Å². The maximum Gasteiger partial charge on any atom is 0.244 e. The minimum absolute atomic E-state index is 0.167. The number of aromatic nitrogens is 1. The zero-order valence-electron chi connectivity index (χ0n) is 11.0. The second-order valence-electron chi connectivity index (χ2n) is 4.27. The van der Waals surface area contributed by atoms with Gasteiger partial charge in [0.25, 0.3) is 0 Å². The maximum absolute atomic E-state index is 11.6. The first-order valence-corrected chi connectivity index (χ1v) is 6.08. The summed E-state index contributed by atoms with van der Waals surface area (Å²) in [7, 11) is 0. The van der Waals surface area contributed by atoms with Crippen LogP contribution >= 0.6 is 0 Å². The fraction of sp³-hybridized carbons (Fsp3) is 0.200. The fourth-order valence-electron chi connectivity index (χ4n) is 1.63. The third kappa shape index (κ3) is 3.81. The van der Waals surface area contributed by atoms with E-state index in [1.807, 2.05) is 38.1 Å². The van der Waals surface area contributed by atoms with Gasteiger partial charge in [-0.05, 0) is 43.7 Å². The summed E-state index contributed by atoms with van der Waals surface area (Å²) >= 11 is 0. The number of carbonyl (C=O) groups excluding carboxylic acids is 1. The highest BCUT2D eigenvalue weighted by atomic mass is 16.3. The molecule has 0 atom stereocenters. The molecule has 2 aromatic rings. The number of nitrogens with zero attached hydrogens (tertiary/aromatic N) is 1. The number of aryl methyl sites for hydroxylation is 2. The Labute approximate surface area is 112 Å². The summed E-state index contributed by atoms with van der Waals surface area (Å²) in [5.74, 6) is 1.32. The van der Waals surface area contributed by atoms with Gasteiger partial charge < -0.3 is 9.73 Å². The zero-order valence-corrected chi connectivity index (χ0v) is 11.0. The maximum atomic E-state index is 11.6. The molecule has 4 nitrogen and oxygen atoms in total. The van der Waals surface area contributed by atoms with Gasteiger partial charge in [0.05, 0.1) is 12.2 Å². The first-order valence-electron chi connectivity index (χ1n) is 6.08. The van der Waals surface area contributed by atoms with Crippen molar-refractivity contribution < 1.29 is 9.21 Å². The van der Waals surface area contributed by atoms with E-state index in [4.69, 9.17) is 4.42 Å². The molecule has 0 saturated carbocycles. The molecule has 0 fully saturated rings. The lowest BCUT2D eigenvalue weighted by Crippen LogP contribution is -2.21. The molecule has 4 heteroatoms. The van der Waals surface area contributed by atoms with Crippen LogP contribution in [-0.4, -0.2) is 10.9 Å². The summed E-state index contributed by atoms with van der Waals surface area (Å²) in [5.41, 5.74) is 1.94. The molecule has 0 bridgehead atoms. The van der Waals surface area contributed by atoms with E-state index in [9.17, 15) is 4.79 Å². The molecular weight excluding hydrogens is 240 g/mol. The average molecular weight is 256 g/mol. The van der Waals surface area contributed by atoms with Crippen LogP contribution in [0, 0.1) is 13.8 Å². The smallest absolute Gasteiger partial charge is 0.244 e. The summed E-state index contributed by atoms with van der Waals surface area (Å²) in [6, 6.07) is 7.52. The highest BCUT2D eigenvalue weighted by molar-refractivity contribution is 5.91. The Morgan fingerprint density at radius 2 is 2.21 bits per heavy atom. The van der Waals surface area contributed by atoms with Crippen LogP contribution in [0.2, 0.25) is 0 Å². The SMILES string of the molecule is Cc1ccc(/C=C\C(=O)NCc2ncccc2C)o1. The molecule has 1 N–H and O–H groups in total. The molecule has 2 aromatic heterocycles. The van der Waals surface area contributed by atoms with E-state index < -0.39 is 0 Å². The van der Waals surface area contributed by atoms with Gasteiger partial charge in [-0.3, -0.25) is 9.78 Å². The first-order chi connectivity index (χ1) is 9.15. The number of nitrogens with one attached hydrogen (secondary N) is 1. The molecule has 19 heavy (non-hydrogen) atoms. The second kappa shape index (κ2) is 6.00. The van der Waals surface area contributed by atoms with E-state index in [1.165, 1.54) is 6.08 Å². The molecule has 0 saturated heterocycles. The van der Waals surface area contributed by atoms with Crippen LogP contribution in [-0.2, 0) is 11.3 Å². The molecular formula is C15H16N2O2. The van der Waals surface area contributed by atoms with E-state index in [0.717, 1.165) is 17.0 Å². The lowest BCUT2D eigenvalue weighted by Gasteiger charge is -2.04. The van der Waals surface area contributed by atoms with Crippen LogP contribution in [0.25, 0.3) is 6.08 Å². The van der Waals surface area contributed by atoms with E-state index in [2.05, 4.69) is 10.3 Å². The number of pyridine rings is 1. The molecule has 2 heterocycles. The monoisotopic (exact) mass is 256 g/mol. The largest absolute Gasteiger partial charge is 0.462 e. The molecule has 0 aliphatic heterocycles. The Hall–Kier alpha value is -2.36. The Bertz CT molecular complexity index is 600. The molecule has 0 spiro atoms. The van der Waals surface area contributed by atoms with Crippen molar-refractivity contribution in [2.45, 2.75) is 20.4 Å². The van der Waals surface area contributed by atoms with Gasteiger partial charge in [-0.15, -0.1) is 0 Å². The van der Waals surface area contributed by atoms with E-state index in [1.54, 1.807) is 12.3 Å². The van der Waals surface area contributed by atoms with Crippen molar-refractivity contribution in [3.8, 4) is 0 Å². The quantitative estimate of drug-likeness (QED) is 0.855. The van der Waals surface area contributed by atoms with Crippen molar-refractivity contribution >= 4 is 12.0 Å². The topological polar surface area (TPSA) is 55.1 Å². The number of amides is 1. The Balaban J connectivity index is 1.88. The van der Waals surface area contributed by atoms with Crippen molar-refractivity contribution in [1.82, 2.24) is 10.3 Å². The number of carbonyl (C=O) groups is 1. The van der Waals surface area contributed by atoms with Crippen molar-refractivity contribution in [1.29, 1.82) is 0 Å². The minimum atomic E-state index is -0.167. The van der Waals surface area contributed by atoms with Crippen LogP contribution in [0.1, 0.15) is 22.8 Å². The summed E-state index contributed by atoms with van der Waals surface area (Å²) in [6.45, 7) is 4.25. The van der Waals surface area contributed by atoms with Gasteiger partial charge in [0.1, 0.15) is 11.5 Å². The summed E-state index contributed by atoms with van der Waals surface area (Å²) < 4.78 is 5.34. The molecule has 2 rings (SSSR count). The van der Waals surface area contributed by atoms with Crippen molar-refractivity contribution in [3.63, 3.8) is 0 Å². The highest BCUT2D eigenvalue weighted by Crippen LogP contribution is 2.07. The molecule has 0 aromatic carbocycles. The van der Waals surface area contributed by atoms with Crippen LogP contribution in [0.5, 0.6) is 0 Å². The number of rotatable bonds is 4. The number of hydrogen-bond donors (Lipinski definition) is 1. The summed E-state index contributed by atoms with van der Waals surface area (Å²) in [4.78, 5) is 15.9. The normalized spacial score (nSPS) is 10.8. The predicted octanol–water partition coefficient (Wildman–Crippen LogP) is 2.62. The van der Waals surface area contributed by atoms with Gasteiger partial charge in [-0.25, -0.2) is 0 Å². The molecule has 0 unspecified atom stereocenters. The lowest BCUT2D eigenvalue weighted by molar-refractivity contribution is -0.116. The second-order valence-corrected chi connectivity index (χ2v) is 4.27. The summed E-state index contributed by atoms with van der Waals surface area (Å²) in [5, 5.41) is 2.79. The van der Waals surface area contributed by atoms with Gasteiger partial charge in [0.15, 0.2) is 0 Å². The van der Waals surface area contributed by atoms with E-state index in [0.29, 0.717) is 12.3 Å². The minimum Gasteiger partial charge on any atom is -0.462 e. The van der Waals surface area contributed by atoms with Crippen molar-refractivity contribution in [2.75, 3.05) is 0 Å². The van der Waals surface area contributed by atoms with Gasteiger partial charge in [-0.1, -0.05) is 6.07 Å². The third-order valence-electron chi connectivity index (χ3n) is 2.71. The number of hydrogen-bond acceptors (Lipinski definition) is 3. The molecule has 0 radical (unpaired) electrons. The lowest BCUT2D eigenvalue weighted by atomic mass is 10.2. The molecule has 98 valence electrons. The summed E-state index contributed by atoms with van der Waals surface area (Å²) in [6.07, 6.45) is 4.82. The third-order valence-corrected chi connectivity index (χ3v) is 2.71. The molecule has 0 aliphatic carbocycles.